The maximum Gasteiger partial charge on any atom is 0.337 e. The van der Waals surface area contributed by atoms with Gasteiger partial charge in [-0.15, -0.1) is 0 Å². The van der Waals surface area contributed by atoms with Crippen LogP contribution in [0.25, 0.3) is 0 Å². The van der Waals surface area contributed by atoms with Crippen molar-refractivity contribution in [2.75, 3.05) is 32.1 Å². The number of piperidine rings is 1. The molecule has 4 nitrogen and oxygen atoms in total. The molecule has 0 saturated carbocycles. The number of nitrogens with zero attached hydrogens (tertiary/aromatic N) is 1. The highest BCUT2D eigenvalue weighted by Gasteiger charge is 2.18. The average molecular weight is 248 g/mol. The first-order valence-electron chi connectivity index (χ1n) is 6.34. The lowest BCUT2D eigenvalue weighted by Crippen LogP contribution is -2.41. The molecular formula is C14H20N2O2. The van der Waals surface area contributed by atoms with Gasteiger partial charge in [0.2, 0.25) is 0 Å². The van der Waals surface area contributed by atoms with Crippen molar-refractivity contribution in [2.24, 2.45) is 0 Å². The van der Waals surface area contributed by atoms with Gasteiger partial charge in [-0.3, -0.25) is 0 Å². The molecule has 1 aromatic carbocycles. The summed E-state index contributed by atoms with van der Waals surface area (Å²) in [6.45, 7) is 2.16. The maximum absolute atomic E-state index is 11.4. The van der Waals surface area contributed by atoms with Crippen LogP contribution >= 0.6 is 0 Å². The lowest BCUT2D eigenvalue weighted by atomic mass is 10.0. The predicted octanol–water partition coefficient (Wildman–Crippen LogP) is 1.66. The number of hydrogen-bond acceptors (Lipinski definition) is 4. The van der Waals surface area contributed by atoms with Gasteiger partial charge in [-0.05, 0) is 50.2 Å². The van der Waals surface area contributed by atoms with Gasteiger partial charge in [0.15, 0.2) is 0 Å². The molecular weight excluding hydrogens is 228 g/mol. The van der Waals surface area contributed by atoms with Gasteiger partial charge in [-0.1, -0.05) is 0 Å². The van der Waals surface area contributed by atoms with E-state index in [1.54, 1.807) is 0 Å². The van der Waals surface area contributed by atoms with Gasteiger partial charge in [-0.2, -0.15) is 0 Å². The van der Waals surface area contributed by atoms with Gasteiger partial charge in [0.05, 0.1) is 12.7 Å². The molecule has 18 heavy (non-hydrogen) atoms. The Balaban J connectivity index is 2.06. The third kappa shape index (κ3) is 2.82. The highest BCUT2D eigenvalue weighted by molar-refractivity contribution is 5.89. The number of benzene rings is 1. The molecule has 4 heteroatoms. The summed E-state index contributed by atoms with van der Waals surface area (Å²) >= 11 is 0. The number of carbonyl (C=O) groups excluding carboxylic acids is 1. The van der Waals surface area contributed by atoms with Crippen molar-refractivity contribution in [1.82, 2.24) is 5.32 Å². The van der Waals surface area contributed by atoms with Gasteiger partial charge in [-0.25, -0.2) is 4.79 Å². The zero-order valence-electron chi connectivity index (χ0n) is 11.0. The number of anilines is 1. The number of rotatable bonds is 3. The molecule has 1 fully saturated rings. The van der Waals surface area contributed by atoms with E-state index in [-0.39, 0.29) is 5.97 Å². The van der Waals surface area contributed by atoms with Gasteiger partial charge >= 0.3 is 5.97 Å². The second-order valence-electron chi connectivity index (χ2n) is 4.63. The molecule has 0 spiro atoms. The SMILES string of the molecule is COC(=O)c1ccc(N(C)C2CCNCC2)cc1. The lowest BCUT2D eigenvalue weighted by molar-refractivity contribution is 0.0601. The van der Waals surface area contributed by atoms with Crippen molar-refractivity contribution in [2.45, 2.75) is 18.9 Å². The van der Waals surface area contributed by atoms with E-state index < -0.39 is 0 Å². The number of carbonyl (C=O) groups is 1. The molecule has 0 aliphatic carbocycles. The molecule has 0 unspecified atom stereocenters. The predicted molar refractivity (Wildman–Crippen MR) is 72.1 cm³/mol. The van der Waals surface area contributed by atoms with E-state index in [0.29, 0.717) is 11.6 Å². The minimum Gasteiger partial charge on any atom is -0.465 e. The molecule has 0 aromatic heterocycles. The van der Waals surface area contributed by atoms with Crippen molar-refractivity contribution < 1.29 is 9.53 Å². The van der Waals surface area contributed by atoms with Crippen molar-refractivity contribution in [3.05, 3.63) is 29.8 Å². The van der Waals surface area contributed by atoms with Gasteiger partial charge in [0, 0.05) is 18.8 Å². The van der Waals surface area contributed by atoms with Crippen molar-refractivity contribution in [3.8, 4) is 0 Å². The van der Waals surface area contributed by atoms with Gasteiger partial charge < -0.3 is 15.0 Å². The Labute approximate surface area is 108 Å². The fourth-order valence-corrected chi connectivity index (χ4v) is 2.36. The van der Waals surface area contributed by atoms with Crippen LogP contribution in [0.3, 0.4) is 0 Å². The van der Waals surface area contributed by atoms with E-state index in [4.69, 9.17) is 4.74 Å². The number of hydrogen-bond donors (Lipinski definition) is 1. The molecule has 1 aromatic rings. The zero-order valence-corrected chi connectivity index (χ0v) is 11.0. The number of ether oxygens (including phenoxy) is 1. The lowest BCUT2D eigenvalue weighted by Gasteiger charge is -2.33. The molecule has 0 amide bonds. The van der Waals surface area contributed by atoms with Gasteiger partial charge in [0.25, 0.3) is 0 Å². The van der Waals surface area contributed by atoms with Crippen molar-refractivity contribution >= 4 is 11.7 Å². The van der Waals surface area contributed by atoms with Crippen LogP contribution in [-0.4, -0.2) is 39.3 Å². The van der Waals surface area contributed by atoms with E-state index in [0.717, 1.165) is 31.6 Å². The Morgan fingerprint density at radius 2 is 1.89 bits per heavy atom. The molecule has 1 saturated heterocycles. The largest absolute Gasteiger partial charge is 0.465 e. The summed E-state index contributed by atoms with van der Waals surface area (Å²) in [5.74, 6) is -0.286. The third-order valence-electron chi connectivity index (χ3n) is 3.55. The average Bonchev–Trinajstić information content (AvgIpc) is 2.47. The molecule has 0 atom stereocenters. The Kier molecular flexibility index (Phi) is 4.20. The molecule has 1 heterocycles. The van der Waals surface area contributed by atoms with Crippen molar-refractivity contribution in [3.63, 3.8) is 0 Å². The Morgan fingerprint density at radius 3 is 2.44 bits per heavy atom. The van der Waals surface area contributed by atoms with E-state index in [1.807, 2.05) is 24.3 Å². The first-order chi connectivity index (χ1) is 8.72. The summed E-state index contributed by atoms with van der Waals surface area (Å²) in [4.78, 5) is 13.6. The smallest absolute Gasteiger partial charge is 0.337 e. The third-order valence-corrected chi connectivity index (χ3v) is 3.55. The molecule has 98 valence electrons. The number of methoxy groups -OCH3 is 1. The fraction of sp³-hybridized carbons (Fsp3) is 0.500. The Bertz CT molecular complexity index is 397. The maximum atomic E-state index is 11.4. The quantitative estimate of drug-likeness (QED) is 0.826. The van der Waals surface area contributed by atoms with Crippen LogP contribution in [0.5, 0.6) is 0 Å². The van der Waals surface area contributed by atoms with E-state index in [2.05, 4.69) is 17.3 Å². The highest BCUT2D eigenvalue weighted by atomic mass is 16.5. The van der Waals surface area contributed by atoms with E-state index in [9.17, 15) is 4.79 Å². The van der Waals surface area contributed by atoms with E-state index >= 15 is 0 Å². The topological polar surface area (TPSA) is 41.6 Å². The fourth-order valence-electron chi connectivity index (χ4n) is 2.36. The Hall–Kier alpha value is -1.55. The molecule has 0 radical (unpaired) electrons. The second-order valence-corrected chi connectivity index (χ2v) is 4.63. The van der Waals surface area contributed by atoms with Crippen LogP contribution < -0.4 is 10.2 Å². The minimum absolute atomic E-state index is 0.286. The molecule has 1 N–H and O–H groups in total. The monoisotopic (exact) mass is 248 g/mol. The van der Waals surface area contributed by atoms with Crippen LogP contribution in [0.4, 0.5) is 5.69 Å². The first kappa shape index (κ1) is 12.9. The van der Waals surface area contributed by atoms with Gasteiger partial charge in [0.1, 0.15) is 0 Å². The molecule has 1 aliphatic heterocycles. The summed E-state index contributed by atoms with van der Waals surface area (Å²) in [7, 11) is 3.51. The summed E-state index contributed by atoms with van der Waals surface area (Å²) in [5.41, 5.74) is 1.74. The zero-order chi connectivity index (χ0) is 13.0. The van der Waals surface area contributed by atoms with E-state index in [1.165, 1.54) is 7.11 Å². The molecule has 0 bridgehead atoms. The van der Waals surface area contributed by atoms with Crippen LogP contribution in [-0.2, 0) is 4.74 Å². The second kappa shape index (κ2) is 5.87. The minimum atomic E-state index is -0.286. The van der Waals surface area contributed by atoms with Crippen LogP contribution in [0.15, 0.2) is 24.3 Å². The highest BCUT2D eigenvalue weighted by Crippen LogP contribution is 2.20. The van der Waals surface area contributed by atoms with Crippen molar-refractivity contribution in [1.29, 1.82) is 0 Å². The standard InChI is InChI=1S/C14H20N2O2/c1-16(13-7-9-15-10-8-13)12-5-3-11(4-6-12)14(17)18-2/h3-6,13,15H,7-10H2,1-2H3. The summed E-state index contributed by atoms with van der Waals surface area (Å²) in [6.07, 6.45) is 2.32. The van der Waals surface area contributed by atoms with Crippen LogP contribution in [0, 0.1) is 0 Å². The summed E-state index contributed by atoms with van der Waals surface area (Å²) in [6, 6.07) is 8.18. The number of esters is 1. The Morgan fingerprint density at radius 1 is 1.28 bits per heavy atom. The number of nitrogens with one attached hydrogen (secondary N) is 1. The first-order valence-corrected chi connectivity index (χ1v) is 6.34. The normalized spacial score (nSPS) is 16.3. The summed E-state index contributed by atoms with van der Waals surface area (Å²) in [5, 5.41) is 3.36. The summed E-state index contributed by atoms with van der Waals surface area (Å²) < 4.78 is 4.69. The molecule has 1 aliphatic rings. The van der Waals surface area contributed by atoms with Crippen LogP contribution in [0.1, 0.15) is 23.2 Å². The van der Waals surface area contributed by atoms with Crippen LogP contribution in [0.2, 0.25) is 0 Å². The molecule has 2 rings (SSSR count).